The summed E-state index contributed by atoms with van der Waals surface area (Å²) in [5, 5.41) is 4.53. The van der Waals surface area contributed by atoms with Crippen molar-refractivity contribution in [2.45, 2.75) is 19.5 Å². The molecule has 0 spiro atoms. The van der Waals surface area contributed by atoms with Crippen LogP contribution >= 0.6 is 12.2 Å². The fourth-order valence-electron chi connectivity index (χ4n) is 3.53. The van der Waals surface area contributed by atoms with Crippen molar-refractivity contribution in [3.05, 3.63) is 17.0 Å². The number of carbonyl (C=O) groups is 1. The van der Waals surface area contributed by atoms with E-state index in [-0.39, 0.29) is 16.7 Å². The van der Waals surface area contributed by atoms with E-state index >= 15 is 0 Å². The minimum absolute atomic E-state index is 0.0242. The van der Waals surface area contributed by atoms with Gasteiger partial charge >= 0.3 is 5.97 Å². The van der Waals surface area contributed by atoms with E-state index in [1.165, 1.54) is 12.0 Å². The molecule has 1 saturated heterocycles. The lowest BCUT2D eigenvalue weighted by Gasteiger charge is -2.27. The molecule has 1 aromatic heterocycles. The van der Waals surface area contributed by atoms with Crippen LogP contribution in [0, 0.1) is 10.8 Å². The molecule has 3 rings (SSSR count). The van der Waals surface area contributed by atoms with Gasteiger partial charge < -0.3 is 28.3 Å². The fourth-order valence-corrected chi connectivity index (χ4v) is 3.71. The normalized spacial score (nSPS) is 18.9. The van der Waals surface area contributed by atoms with Crippen LogP contribution in [0.5, 0.6) is 17.2 Å². The third-order valence-electron chi connectivity index (χ3n) is 5.12. The summed E-state index contributed by atoms with van der Waals surface area (Å²) < 4.78 is 28.4. The first kappa shape index (κ1) is 21.1. The number of nitrogens with zero attached hydrogens (tertiary/aromatic N) is 2. The van der Waals surface area contributed by atoms with Crippen molar-refractivity contribution in [3.63, 3.8) is 0 Å². The van der Waals surface area contributed by atoms with E-state index in [2.05, 4.69) is 5.10 Å². The highest BCUT2D eigenvalue weighted by molar-refractivity contribution is 7.71. The first-order valence-electron chi connectivity index (χ1n) is 9.30. The molecule has 1 aromatic carbocycles. The lowest BCUT2D eigenvalue weighted by atomic mass is 9.97. The number of quaternary nitrogens is 1. The van der Waals surface area contributed by atoms with Crippen molar-refractivity contribution in [1.82, 2.24) is 9.78 Å². The highest BCUT2D eigenvalue weighted by atomic mass is 32.1. The predicted molar refractivity (Wildman–Crippen MR) is 106 cm³/mol. The summed E-state index contributed by atoms with van der Waals surface area (Å²) in [7, 11) is 6.08. The van der Waals surface area contributed by atoms with Gasteiger partial charge in [0.2, 0.25) is 11.6 Å². The topological polar surface area (TPSA) is 89.4 Å². The zero-order chi connectivity index (χ0) is 21.0. The third-order valence-corrected chi connectivity index (χ3v) is 5.41. The number of piperidine rings is 1. The highest BCUT2D eigenvalue weighted by Crippen LogP contribution is 2.40. The molecule has 1 aliphatic heterocycles. The number of nitrogens with one attached hydrogen (secondary N) is 1. The second kappa shape index (κ2) is 9.27. The fraction of sp³-hybridized carbons (Fsp3) is 0.526. The molecule has 0 radical (unpaired) electrons. The Hall–Kier alpha value is -2.59. The van der Waals surface area contributed by atoms with Crippen molar-refractivity contribution >= 4 is 18.2 Å². The number of aromatic nitrogens is 2. The van der Waals surface area contributed by atoms with Crippen LogP contribution in [0.3, 0.4) is 0 Å². The molecule has 2 aromatic rings. The van der Waals surface area contributed by atoms with Crippen molar-refractivity contribution in [2.24, 2.45) is 5.92 Å². The smallest absolute Gasteiger partial charge is 0.309 e. The molecule has 9 nitrogen and oxygen atoms in total. The zero-order valence-electron chi connectivity index (χ0n) is 17.0. The average molecular weight is 424 g/mol. The van der Waals surface area contributed by atoms with Crippen LogP contribution < -0.4 is 19.1 Å². The molecular formula is C19H26N3O6S+. The Kier molecular flexibility index (Phi) is 6.75. The molecule has 1 fully saturated rings. The second-order valence-electron chi connectivity index (χ2n) is 6.79. The van der Waals surface area contributed by atoms with Crippen LogP contribution in [0.1, 0.15) is 12.8 Å². The number of likely N-dealkylation sites (tertiary alicyclic amines) is 1. The van der Waals surface area contributed by atoms with E-state index in [0.717, 1.165) is 25.9 Å². The van der Waals surface area contributed by atoms with Gasteiger partial charge in [-0.05, 0) is 24.4 Å². The van der Waals surface area contributed by atoms with Gasteiger partial charge in [-0.1, -0.05) is 0 Å². The Balaban J connectivity index is 1.78. The van der Waals surface area contributed by atoms with Gasteiger partial charge in [-0.25, -0.2) is 0 Å². The molecule has 0 atom stereocenters. The summed E-state index contributed by atoms with van der Waals surface area (Å²) in [5.41, 5.74) is 0.670. The summed E-state index contributed by atoms with van der Waals surface area (Å²) in [6.07, 6.45) is 1.57. The van der Waals surface area contributed by atoms with Crippen LogP contribution in [0.4, 0.5) is 0 Å². The molecule has 158 valence electrons. The van der Waals surface area contributed by atoms with Crippen LogP contribution in [0.2, 0.25) is 0 Å². The van der Waals surface area contributed by atoms with Crippen molar-refractivity contribution in [3.8, 4) is 28.7 Å². The standard InChI is InChI=1S/C19H25N3O6S/c1-24-14-9-13(10-15(25-2)16(14)26-3)17-20-22(19(29)28-17)11-21-7-5-12(6-8-21)18(23)27-4/h9-10,12H,5-8,11H2,1-4H3/p+1. The van der Waals surface area contributed by atoms with E-state index in [1.54, 1.807) is 38.1 Å². The minimum Gasteiger partial charge on any atom is -0.493 e. The van der Waals surface area contributed by atoms with Gasteiger partial charge in [-0.2, -0.15) is 4.68 Å². The second-order valence-corrected chi connectivity index (χ2v) is 7.14. The maximum absolute atomic E-state index is 11.7. The maximum Gasteiger partial charge on any atom is 0.309 e. The predicted octanol–water partition coefficient (Wildman–Crippen LogP) is 1.32. The van der Waals surface area contributed by atoms with Gasteiger partial charge in [0, 0.05) is 18.4 Å². The van der Waals surface area contributed by atoms with E-state index < -0.39 is 0 Å². The molecule has 1 N–H and O–H groups in total. The number of ether oxygens (including phenoxy) is 4. The number of rotatable bonds is 7. The van der Waals surface area contributed by atoms with Crippen molar-refractivity contribution in [1.29, 1.82) is 0 Å². The SMILES string of the molecule is COC(=O)C1CC[NH+](Cn2nc(-c3cc(OC)c(OC)c(OC)c3)oc2=S)CC1. The highest BCUT2D eigenvalue weighted by Gasteiger charge is 2.28. The molecule has 0 unspecified atom stereocenters. The first-order chi connectivity index (χ1) is 14.0. The number of hydrogen-bond donors (Lipinski definition) is 1. The third kappa shape index (κ3) is 4.54. The summed E-state index contributed by atoms with van der Waals surface area (Å²) in [6, 6.07) is 3.53. The lowest BCUT2D eigenvalue weighted by molar-refractivity contribution is -0.929. The van der Waals surface area contributed by atoms with Gasteiger partial charge in [0.1, 0.15) is 0 Å². The minimum atomic E-state index is -0.133. The van der Waals surface area contributed by atoms with Crippen LogP contribution in [0.25, 0.3) is 11.5 Å². The number of benzene rings is 1. The Bertz CT molecular complexity index is 892. The van der Waals surface area contributed by atoms with Gasteiger partial charge in [-0.15, -0.1) is 5.10 Å². The molecular weight excluding hydrogens is 398 g/mol. The quantitative estimate of drug-likeness (QED) is 0.526. The number of hydrogen-bond acceptors (Lipinski definition) is 8. The van der Waals surface area contributed by atoms with E-state index in [4.69, 9.17) is 35.6 Å². The first-order valence-corrected chi connectivity index (χ1v) is 9.71. The summed E-state index contributed by atoms with van der Waals surface area (Å²) >= 11 is 5.36. The maximum atomic E-state index is 11.7. The molecule has 0 amide bonds. The molecule has 1 aliphatic rings. The van der Waals surface area contributed by atoms with Crippen LogP contribution in [-0.2, 0) is 16.2 Å². The number of carbonyl (C=O) groups excluding carboxylic acids is 1. The molecule has 0 saturated carbocycles. The zero-order valence-corrected chi connectivity index (χ0v) is 17.8. The monoisotopic (exact) mass is 424 g/mol. The van der Waals surface area contributed by atoms with Crippen LogP contribution in [0.15, 0.2) is 16.5 Å². The van der Waals surface area contributed by atoms with Gasteiger partial charge in [0.05, 0.1) is 47.4 Å². The Labute approximate surface area is 174 Å². The molecule has 0 aliphatic carbocycles. The molecule has 10 heteroatoms. The molecule has 2 heterocycles. The lowest BCUT2D eigenvalue weighted by Crippen LogP contribution is -3.12. The van der Waals surface area contributed by atoms with Gasteiger partial charge in [-0.3, -0.25) is 4.79 Å². The number of methoxy groups -OCH3 is 4. The Morgan fingerprint density at radius 2 is 1.79 bits per heavy atom. The van der Waals surface area contributed by atoms with Crippen molar-refractivity contribution in [2.75, 3.05) is 41.5 Å². The summed E-state index contributed by atoms with van der Waals surface area (Å²) in [6.45, 7) is 2.25. The van der Waals surface area contributed by atoms with E-state index in [1.807, 2.05) is 0 Å². The van der Waals surface area contributed by atoms with E-state index in [9.17, 15) is 4.79 Å². The molecule has 29 heavy (non-hydrogen) atoms. The summed E-state index contributed by atoms with van der Waals surface area (Å²) in [4.78, 5) is 13.3. The largest absolute Gasteiger partial charge is 0.493 e. The van der Waals surface area contributed by atoms with Gasteiger partial charge in [0.25, 0.3) is 4.84 Å². The van der Waals surface area contributed by atoms with Gasteiger partial charge in [0.15, 0.2) is 18.2 Å². The van der Waals surface area contributed by atoms with Crippen LogP contribution in [-0.4, -0.2) is 57.3 Å². The Morgan fingerprint density at radius 3 is 2.31 bits per heavy atom. The molecule has 0 bridgehead atoms. The average Bonchev–Trinajstić information content (AvgIpc) is 3.12. The summed E-state index contributed by atoms with van der Waals surface area (Å²) in [5.74, 6) is 1.73. The number of esters is 1. The van der Waals surface area contributed by atoms with E-state index in [0.29, 0.717) is 35.4 Å². The van der Waals surface area contributed by atoms with Crippen molar-refractivity contribution < 1.29 is 33.1 Å². The Morgan fingerprint density at radius 1 is 1.17 bits per heavy atom.